The summed E-state index contributed by atoms with van der Waals surface area (Å²) in [7, 11) is 1.73. The van der Waals surface area contributed by atoms with Crippen molar-refractivity contribution in [1.29, 1.82) is 0 Å². The number of methoxy groups -OCH3 is 1. The fourth-order valence-electron chi connectivity index (χ4n) is 3.10. The number of aliphatic hydroxyl groups excluding tert-OH is 1. The van der Waals surface area contributed by atoms with Crippen molar-refractivity contribution in [1.82, 2.24) is 10.1 Å². The predicted molar refractivity (Wildman–Crippen MR) is 76.7 cm³/mol. The highest BCUT2D eigenvalue weighted by Crippen LogP contribution is 2.41. The van der Waals surface area contributed by atoms with Crippen LogP contribution in [-0.4, -0.2) is 40.0 Å². The molecule has 112 valence electrons. The molecule has 2 fully saturated rings. The monoisotopic (exact) mass is 298 g/mol. The van der Waals surface area contributed by atoms with Crippen molar-refractivity contribution in [3.63, 3.8) is 0 Å². The molecule has 1 aromatic heterocycles. The normalized spacial score (nSPS) is 38.2. The van der Waals surface area contributed by atoms with E-state index >= 15 is 0 Å². The van der Waals surface area contributed by atoms with Crippen molar-refractivity contribution in [3.05, 3.63) is 11.7 Å². The topological polar surface area (TPSA) is 68.4 Å². The lowest BCUT2D eigenvalue weighted by Crippen LogP contribution is -2.34. The van der Waals surface area contributed by atoms with Gasteiger partial charge in [0, 0.05) is 18.6 Å². The molecule has 2 aliphatic rings. The molecule has 1 saturated heterocycles. The van der Waals surface area contributed by atoms with Gasteiger partial charge in [-0.15, -0.1) is 0 Å². The molecule has 5 nitrogen and oxygen atoms in total. The summed E-state index contributed by atoms with van der Waals surface area (Å²) in [5, 5.41) is 14.1. The van der Waals surface area contributed by atoms with Crippen LogP contribution in [0.1, 0.15) is 50.2 Å². The molecule has 2 unspecified atom stereocenters. The van der Waals surface area contributed by atoms with Crippen LogP contribution in [0.2, 0.25) is 0 Å². The third kappa shape index (κ3) is 2.49. The zero-order chi connectivity index (χ0) is 14.2. The summed E-state index contributed by atoms with van der Waals surface area (Å²) in [4.78, 5) is 4.56. The van der Waals surface area contributed by atoms with Gasteiger partial charge in [0.05, 0.1) is 12.0 Å². The molecule has 1 aromatic rings. The molecule has 0 spiro atoms. The Kier molecular flexibility index (Phi) is 4.06. The summed E-state index contributed by atoms with van der Waals surface area (Å²) in [5.41, 5.74) is -0.398. The van der Waals surface area contributed by atoms with E-state index in [2.05, 4.69) is 17.1 Å². The maximum Gasteiger partial charge on any atom is 0.233 e. The van der Waals surface area contributed by atoms with E-state index in [1.54, 1.807) is 18.9 Å². The van der Waals surface area contributed by atoms with Crippen molar-refractivity contribution in [2.24, 2.45) is 5.92 Å². The van der Waals surface area contributed by atoms with E-state index in [1.807, 2.05) is 0 Å². The number of aromatic nitrogens is 2. The van der Waals surface area contributed by atoms with Crippen molar-refractivity contribution < 1.29 is 14.4 Å². The minimum atomic E-state index is -0.398. The zero-order valence-electron chi connectivity index (χ0n) is 12.0. The molecule has 1 aliphatic carbocycles. The Morgan fingerprint density at radius 1 is 1.35 bits per heavy atom. The fourth-order valence-corrected chi connectivity index (χ4v) is 4.33. The summed E-state index contributed by atoms with van der Waals surface area (Å²) < 4.78 is 11.2. The van der Waals surface area contributed by atoms with Gasteiger partial charge in [0.15, 0.2) is 0 Å². The maximum atomic E-state index is 9.94. The molecule has 2 atom stereocenters. The van der Waals surface area contributed by atoms with Crippen LogP contribution in [-0.2, 0) is 10.3 Å². The van der Waals surface area contributed by atoms with Crippen LogP contribution >= 0.6 is 11.8 Å². The molecule has 1 saturated carbocycles. The van der Waals surface area contributed by atoms with Gasteiger partial charge in [-0.05, 0) is 31.6 Å². The first kappa shape index (κ1) is 14.4. The van der Waals surface area contributed by atoms with Crippen LogP contribution in [0, 0.1) is 5.92 Å². The van der Waals surface area contributed by atoms with Gasteiger partial charge in [-0.2, -0.15) is 16.7 Å². The van der Waals surface area contributed by atoms with Crippen molar-refractivity contribution in [2.75, 3.05) is 18.6 Å². The van der Waals surface area contributed by atoms with Gasteiger partial charge in [-0.25, -0.2) is 0 Å². The van der Waals surface area contributed by atoms with E-state index in [0.29, 0.717) is 11.7 Å². The van der Waals surface area contributed by atoms with Gasteiger partial charge < -0.3 is 14.4 Å². The summed E-state index contributed by atoms with van der Waals surface area (Å²) in [6.45, 7) is 2.27. The fraction of sp³-hybridized carbons (Fsp3) is 0.857. The molecular formula is C14H22N2O3S. The second-order valence-electron chi connectivity index (χ2n) is 6.05. The minimum Gasteiger partial charge on any atom is -0.391 e. The van der Waals surface area contributed by atoms with Gasteiger partial charge in [0.2, 0.25) is 11.7 Å². The second-order valence-corrected chi connectivity index (χ2v) is 7.12. The summed E-state index contributed by atoms with van der Waals surface area (Å²) in [6.07, 6.45) is 3.74. The molecule has 20 heavy (non-hydrogen) atoms. The van der Waals surface area contributed by atoms with E-state index in [0.717, 1.165) is 43.1 Å². The van der Waals surface area contributed by atoms with E-state index in [1.165, 1.54) is 0 Å². The Morgan fingerprint density at radius 2 is 2.10 bits per heavy atom. The summed E-state index contributed by atoms with van der Waals surface area (Å²) in [5.74, 6) is 3.52. The summed E-state index contributed by atoms with van der Waals surface area (Å²) >= 11 is 1.73. The predicted octanol–water partition coefficient (Wildman–Crippen LogP) is 2.31. The third-order valence-electron chi connectivity index (χ3n) is 4.69. The Balaban J connectivity index is 1.81. The standard InChI is InChI=1S/C14H22N2O3S/c1-9-3-5-14(18-2,6-4-9)13-15-12(19-16-13)10-7-20-8-11(10)17/h9-11,17H,3-8H2,1-2H3. The molecule has 0 bridgehead atoms. The molecular weight excluding hydrogens is 276 g/mol. The average molecular weight is 298 g/mol. The lowest BCUT2D eigenvalue weighted by molar-refractivity contribution is -0.0609. The SMILES string of the molecule is COC1(c2noc(C3CSCC3O)n2)CCC(C)CC1. The van der Waals surface area contributed by atoms with Crippen LogP contribution < -0.4 is 0 Å². The average Bonchev–Trinajstić information content (AvgIpc) is 3.09. The van der Waals surface area contributed by atoms with Crippen molar-refractivity contribution in [3.8, 4) is 0 Å². The molecule has 0 radical (unpaired) electrons. The number of nitrogens with zero attached hydrogens (tertiary/aromatic N) is 2. The third-order valence-corrected chi connectivity index (χ3v) is 5.86. The first-order valence-electron chi connectivity index (χ1n) is 7.29. The van der Waals surface area contributed by atoms with Crippen molar-refractivity contribution >= 4 is 11.8 Å². The minimum absolute atomic E-state index is 0.0299. The van der Waals surface area contributed by atoms with E-state index in [4.69, 9.17) is 9.26 Å². The molecule has 0 amide bonds. The number of hydrogen-bond acceptors (Lipinski definition) is 6. The second kappa shape index (κ2) is 5.66. The lowest BCUT2D eigenvalue weighted by atomic mass is 9.79. The highest BCUT2D eigenvalue weighted by atomic mass is 32.2. The Bertz CT molecular complexity index is 457. The Morgan fingerprint density at radius 3 is 2.70 bits per heavy atom. The van der Waals surface area contributed by atoms with E-state index in [9.17, 15) is 5.11 Å². The van der Waals surface area contributed by atoms with Crippen LogP contribution in [0.4, 0.5) is 0 Å². The largest absolute Gasteiger partial charge is 0.391 e. The van der Waals surface area contributed by atoms with Crippen LogP contribution in [0.3, 0.4) is 0 Å². The van der Waals surface area contributed by atoms with Gasteiger partial charge in [0.1, 0.15) is 5.60 Å². The Hall–Kier alpha value is -0.590. The van der Waals surface area contributed by atoms with Gasteiger partial charge >= 0.3 is 0 Å². The first-order chi connectivity index (χ1) is 9.64. The number of thioether (sulfide) groups is 1. The number of ether oxygens (including phenoxy) is 1. The maximum absolute atomic E-state index is 9.94. The molecule has 1 N–H and O–H groups in total. The van der Waals surface area contributed by atoms with Gasteiger partial charge in [-0.3, -0.25) is 0 Å². The Labute approximate surface area is 123 Å². The zero-order valence-corrected chi connectivity index (χ0v) is 12.9. The van der Waals surface area contributed by atoms with Gasteiger partial charge in [-0.1, -0.05) is 12.1 Å². The molecule has 1 aliphatic heterocycles. The van der Waals surface area contributed by atoms with Crippen LogP contribution in [0.15, 0.2) is 4.52 Å². The van der Waals surface area contributed by atoms with Crippen LogP contribution in [0.5, 0.6) is 0 Å². The van der Waals surface area contributed by atoms with Gasteiger partial charge in [0.25, 0.3) is 0 Å². The molecule has 3 rings (SSSR count). The lowest BCUT2D eigenvalue weighted by Gasteiger charge is -2.35. The number of hydrogen-bond donors (Lipinski definition) is 1. The first-order valence-corrected chi connectivity index (χ1v) is 8.45. The quantitative estimate of drug-likeness (QED) is 0.923. The smallest absolute Gasteiger partial charge is 0.233 e. The molecule has 2 heterocycles. The van der Waals surface area contributed by atoms with E-state index in [-0.39, 0.29) is 12.0 Å². The number of rotatable bonds is 3. The van der Waals surface area contributed by atoms with Crippen molar-refractivity contribution in [2.45, 2.75) is 50.2 Å². The van der Waals surface area contributed by atoms with Crippen LogP contribution in [0.25, 0.3) is 0 Å². The molecule has 6 heteroatoms. The number of aliphatic hydroxyl groups is 1. The molecule has 0 aromatic carbocycles. The highest BCUT2D eigenvalue weighted by Gasteiger charge is 2.41. The highest BCUT2D eigenvalue weighted by molar-refractivity contribution is 7.99. The van der Waals surface area contributed by atoms with E-state index < -0.39 is 5.60 Å². The summed E-state index contributed by atoms with van der Waals surface area (Å²) in [6, 6.07) is 0.